The van der Waals surface area contributed by atoms with Gasteiger partial charge in [0, 0.05) is 13.2 Å². The minimum Gasteiger partial charge on any atom is -0.274 e. The number of hydrogen-bond acceptors (Lipinski definition) is 3. The van der Waals surface area contributed by atoms with Crippen molar-refractivity contribution in [3.63, 3.8) is 0 Å². The number of halogens is 2. The van der Waals surface area contributed by atoms with Gasteiger partial charge in [0.05, 0.1) is 17.7 Å². The summed E-state index contributed by atoms with van der Waals surface area (Å²) >= 11 is 8.87. The van der Waals surface area contributed by atoms with Crippen LogP contribution >= 0.6 is 27.5 Å². The van der Waals surface area contributed by atoms with Gasteiger partial charge in [-0.3, -0.25) is 9.63 Å². The van der Waals surface area contributed by atoms with E-state index in [0.29, 0.717) is 15.2 Å². The molecule has 0 atom stereocenters. The number of nitrogens with zero attached hydrogens (tertiary/aromatic N) is 2. The number of hydroxylamine groups is 2. The van der Waals surface area contributed by atoms with Gasteiger partial charge in [-0.2, -0.15) is 0 Å². The molecule has 1 aromatic rings. The summed E-state index contributed by atoms with van der Waals surface area (Å²) in [7, 11) is 2.92. The van der Waals surface area contributed by atoms with Crippen LogP contribution < -0.4 is 0 Å². The molecule has 4 nitrogen and oxygen atoms in total. The molecular formula is C8H8BrClN2O2. The predicted octanol–water partition coefficient (Wildman–Crippen LogP) is 2.13. The fourth-order valence-electron chi connectivity index (χ4n) is 0.825. The zero-order valence-electron chi connectivity index (χ0n) is 7.62. The third kappa shape index (κ3) is 2.43. The number of hydrogen-bond donors (Lipinski definition) is 0. The SMILES string of the molecule is CON(C)C(=O)c1cc(Cl)cnc1Br. The lowest BCUT2D eigenvalue weighted by atomic mass is 10.3. The topological polar surface area (TPSA) is 42.4 Å². The first kappa shape index (κ1) is 11.4. The Morgan fingerprint density at radius 1 is 1.71 bits per heavy atom. The van der Waals surface area contributed by atoms with E-state index < -0.39 is 0 Å². The van der Waals surface area contributed by atoms with E-state index >= 15 is 0 Å². The highest BCUT2D eigenvalue weighted by atomic mass is 79.9. The molecule has 0 unspecified atom stereocenters. The summed E-state index contributed by atoms with van der Waals surface area (Å²) in [5.41, 5.74) is 0.363. The first-order chi connectivity index (χ1) is 6.56. The molecule has 14 heavy (non-hydrogen) atoms. The maximum absolute atomic E-state index is 11.6. The van der Waals surface area contributed by atoms with Crippen molar-refractivity contribution in [1.29, 1.82) is 0 Å². The fourth-order valence-corrected chi connectivity index (χ4v) is 1.37. The van der Waals surface area contributed by atoms with E-state index in [9.17, 15) is 4.79 Å². The maximum atomic E-state index is 11.6. The Labute approximate surface area is 94.9 Å². The Hall–Kier alpha value is -0.650. The summed E-state index contributed by atoms with van der Waals surface area (Å²) in [4.78, 5) is 20.3. The van der Waals surface area contributed by atoms with Crippen molar-refractivity contribution in [2.45, 2.75) is 0 Å². The molecule has 0 aliphatic heterocycles. The molecule has 0 aromatic carbocycles. The van der Waals surface area contributed by atoms with Crippen molar-refractivity contribution in [1.82, 2.24) is 10.0 Å². The van der Waals surface area contributed by atoms with Crippen molar-refractivity contribution in [2.24, 2.45) is 0 Å². The van der Waals surface area contributed by atoms with Crippen LogP contribution in [0.5, 0.6) is 0 Å². The molecule has 0 fully saturated rings. The molecule has 0 N–H and O–H groups in total. The van der Waals surface area contributed by atoms with Crippen molar-refractivity contribution in [3.05, 3.63) is 27.5 Å². The molecule has 1 amide bonds. The van der Waals surface area contributed by atoms with Crippen LogP contribution in [0.25, 0.3) is 0 Å². The molecule has 1 heterocycles. The molecule has 1 aromatic heterocycles. The quantitative estimate of drug-likeness (QED) is 0.615. The smallest absolute Gasteiger partial charge is 0.274 e. The van der Waals surface area contributed by atoms with Gasteiger partial charge in [0.2, 0.25) is 0 Å². The highest BCUT2D eigenvalue weighted by molar-refractivity contribution is 9.10. The molecule has 76 valence electrons. The zero-order valence-corrected chi connectivity index (χ0v) is 9.96. The summed E-state index contributed by atoms with van der Waals surface area (Å²) in [5.74, 6) is -0.311. The molecule has 0 radical (unpaired) electrons. The van der Waals surface area contributed by atoms with Gasteiger partial charge < -0.3 is 0 Å². The lowest BCUT2D eigenvalue weighted by Gasteiger charge is -2.14. The number of rotatable bonds is 2. The van der Waals surface area contributed by atoms with Crippen LogP contribution in [-0.4, -0.2) is 30.1 Å². The molecular weight excluding hydrogens is 271 g/mol. The van der Waals surface area contributed by atoms with Crippen LogP contribution in [-0.2, 0) is 4.84 Å². The van der Waals surface area contributed by atoms with Gasteiger partial charge in [0.25, 0.3) is 5.91 Å². The first-order valence-electron chi connectivity index (χ1n) is 3.69. The van der Waals surface area contributed by atoms with E-state index in [1.165, 1.54) is 26.4 Å². The van der Waals surface area contributed by atoms with Crippen molar-refractivity contribution in [2.75, 3.05) is 14.2 Å². The van der Waals surface area contributed by atoms with Crippen molar-refractivity contribution in [3.8, 4) is 0 Å². The van der Waals surface area contributed by atoms with Crippen molar-refractivity contribution >= 4 is 33.4 Å². The van der Waals surface area contributed by atoms with Crippen LogP contribution in [0.4, 0.5) is 0 Å². The van der Waals surface area contributed by atoms with E-state index in [0.717, 1.165) is 5.06 Å². The lowest BCUT2D eigenvalue weighted by Crippen LogP contribution is -2.25. The van der Waals surface area contributed by atoms with Gasteiger partial charge in [-0.05, 0) is 22.0 Å². The van der Waals surface area contributed by atoms with Crippen molar-refractivity contribution < 1.29 is 9.63 Å². The minimum absolute atomic E-state index is 0.311. The Morgan fingerprint density at radius 2 is 2.36 bits per heavy atom. The molecule has 1 rings (SSSR count). The number of carbonyl (C=O) groups is 1. The van der Waals surface area contributed by atoms with Crippen LogP contribution in [0.3, 0.4) is 0 Å². The van der Waals surface area contributed by atoms with Gasteiger partial charge in [-0.25, -0.2) is 10.0 Å². The van der Waals surface area contributed by atoms with Gasteiger partial charge in [0.1, 0.15) is 4.60 Å². The second-order valence-electron chi connectivity index (χ2n) is 2.48. The Kier molecular flexibility index (Phi) is 3.86. The summed E-state index contributed by atoms with van der Waals surface area (Å²) < 4.78 is 0.441. The normalized spacial score (nSPS) is 10.0. The van der Waals surface area contributed by atoms with Gasteiger partial charge in [-0.15, -0.1) is 0 Å². The molecule has 0 spiro atoms. The van der Waals surface area contributed by atoms with Gasteiger partial charge in [0.15, 0.2) is 0 Å². The summed E-state index contributed by atoms with van der Waals surface area (Å²) in [6.07, 6.45) is 1.45. The number of pyridine rings is 1. The number of carbonyl (C=O) groups excluding carboxylic acids is 1. The maximum Gasteiger partial charge on any atom is 0.279 e. The highest BCUT2D eigenvalue weighted by Gasteiger charge is 2.15. The summed E-state index contributed by atoms with van der Waals surface area (Å²) in [6, 6.07) is 1.52. The average molecular weight is 280 g/mol. The first-order valence-corrected chi connectivity index (χ1v) is 4.86. The fraction of sp³-hybridized carbons (Fsp3) is 0.250. The lowest BCUT2D eigenvalue weighted by molar-refractivity contribution is -0.0757. The largest absolute Gasteiger partial charge is 0.279 e. The standard InChI is InChI=1S/C8H8BrClN2O2/c1-12(14-2)8(13)6-3-5(10)4-11-7(6)9/h3-4H,1-2H3. The van der Waals surface area contributed by atoms with Crippen LogP contribution in [0.2, 0.25) is 5.02 Å². The minimum atomic E-state index is -0.311. The van der Waals surface area contributed by atoms with Crippen LogP contribution in [0.1, 0.15) is 10.4 Å². The van der Waals surface area contributed by atoms with Crippen LogP contribution in [0.15, 0.2) is 16.9 Å². The Bertz CT molecular complexity index is 359. The van der Waals surface area contributed by atoms with E-state index in [1.54, 1.807) is 0 Å². The number of amides is 1. The molecule has 0 saturated heterocycles. The van der Waals surface area contributed by atoms with E-state index in [2.05, 4.69) is 20.9 Å². The molecule has 0 aliphatic carbocycles. The monoisotopic (exact) mass is 278 g/mol. The summed E-state index contributed by atoms with van der Waals surface area (Å²) in [5, 5.41) is 1.50. The third-order valence-electron chi connectivity index (χ3n) is 1.60. The Morgan fingerprint density at radius 3 is 2.93 bits per heavy atom. The van der Waals surface area contributed by atoms with E-state index in [-0.39, 0.29) is 5.91 Å². The molecule has 0 aliphatic rings. The molecule has 0 saturated carbocycles. The molecule has 0 bridgehead atoms. The molecule has 6 heteroatoms. The number of aromatic nitrogens is 1. The summed E-state index contributed by atoms with van der Waals surface area (Å²) in [6.45, 7) is 0. The zero-order chi connectivity index (χ0) is 10.7. The Balaban J connectivity index is 3.06. The highest BCUT2D eigenvalue weighted by Crippen LogP contribution is 2.19. The second kappa shape index (κ2) is 4.72. The predicted molar refractivity (Wildman–Crippen MR) is 56.0 cm³/mol. The van der Waals surface area contributed by atoms with E-state index in [4.69, 9.17) is 16.4 Å². The van der Waals surface area contributed by atoms with Crippen LogP contribution in [0, 0.1) is 0 Å². The third-order valence-corrected chi connectivity index (χ3v) is 2.43. The van der Waals surface area contributed by atoms with Gasteiger partial charge in [-0.1, -0.05) is 11.6 Å². The van der Waals surface area contributed by atoms with E-state index in [1.807, 2.05) is 0 Å². The second-order valence-corrected chi connectivity index (χ2v) is 3.66. The van der Waals surface area contributed by atoms with Gasteiger partial charge >= 0.3 is 0 Å². The average Bonchev–Trinajstić information content (AvgIpc) is 2.19.